The van der Waals surface area contributed by atoms with Crippen LogP contribution >= 0.6 is 0 Å². The number of amides is 2. The lowest BCUT2D eigenvalue weighted by atomic mass is 10.2. The number of nitrogens with zero attached hydrogens (tertiary/aromatic N) is 4. The van der Waals surface area contributed by atoms with Crippen LogP contribution in [-0.4, -0.2) is 72.9 Å². The van der Waals surface area contributed by atoms with Crippen molar-refractivity contribution in [2.75, 3.05) is 57.2 Å². The molecule has 0 aliphatic carbocycles. The summed E-state index contributed by atoms with van der Waals surface area (Å²) in [5.41, 5.74) is 2.32. The molecule has 0 spiro atoms. The van der Waals surface area contributed by atoms with E-state index < -0.39 is 0 Å². The van der Waals surface area contributed by atoms with E-state index in [9.17, 15) is 14.0 Å². The molecule has 9 nitrogen and oxygen atoms in total. The van der Waals surface area contributed by atoms with Gasteiger partial charge >= 0.3 is 0 Å². The molecule has 0 saturated heterocycles. The highest BCUT2D eigenvalue weighted by Crippen LogP contribution is 2.18. The van der Waals surface area contributed by atoms with Crippen molar-refractivity contribution >= 4 is 35.0 Å². The van der Waals surface area contributed by atoms with Crippen LogP contribution in [0.4, 0.5) is 27.5 Å². The van der Waals surface area contributed by atoms with E-state index >= 15 is 0 Å². The Bertz CT molecular complexity index is 1380. The number of aromatic nitrogens is 2. The number of likely N-dealkylation sites (N-methyl/N-ethyl adjacent to an activating group) is 2. The third kappa shape index (κ3) is 8.72. The molecule has 2 amide bonds. The van der Waals surface area contributed by atoms with Crippen LogP contribution < -0.4 is 16.0 Å². The van der Waals surface area contributed by atoms with E-state index in [1.807, 2.05) is 25.1 Å². The van der Waals surface area contributed by atoms with Crippen molar-refractivity contribution in [3.05, 3.63) is 83.8 Å². The number of rotatable bonds is 9. The van der Waals surface area contributed by atoms with Gasteiger partial charge in [0.15, 0.2) is 0 Å². The Labute approximate surface area is 221 Å². The first-order chi connectivity index (χ1) is 18.2. The zero-order valence-electron chi connectivity index (χ0n) is 21.7. The van der Waals surface area contributed by atoms with Crippen molar-refractivity contribution in [3.63, 3.8) is 0 Å². The number of benzene rings is 2. The largest absolute Gasteiger partial charge is 0.372 e. The second kappa shape index (κ2) is 13.5. The van der Waals surface area contributed by atoms with Gasteiger partial charge in [0.05, 0.1) is 18.3 Å². The number of hydrogen-bond donors (Lipinski definition) is 3. The van der Waals surface area contributed by atoms with E-state index in [0.717, 1.165) is 0 Å². The van der Waals surface area contributed by atoms with Gasteiger partial charge in [-0.25, -0.2) is 9.37 Å². The van der Waals surface area contributed by atoms with Crippen molar-refractivity contribution in [2.45, 2.75) is 0 Å². The van der Waals surface area contributed by atoms with Gasteiger partial charge in [-0.05, 0) is 50.5 Å². The molecule has 0 bridgehead atoms. The van der Waals surface area contributed by atoms with Gasteiger partial charge < -0.3 is 25.8 Å². The molecule has 3 N–H and O–H groups in total. The number of halogens is 1. The minimum absolute atomic E-state index is 0.0834. The zero-order chi connectivity index (χ0) is 27.5. The fourth-order valence-electron chi connectivity index (χ4n) is 3.22. The molecule has 1 aromatic heterocycles. The number of hydrogen-bond acceptors (Lipinski definition) is 7. The van der Waals surface area contributed by atoms with Crippen LogP contribution in [0, 0.1) is 17.7 Å². The van der Waals surface area contributed by atoms with E-state index in [0.29, 0.717) is 40.8 Å². The summed E-state index contributed by atoms with van der Waals surface area (Å²) in [7, 11) is 7.10. The second-order valence-corrected chi connectivity index (χ2v) is 8.58. The predicted octanol–water partition coefficient (Wildman–Crippen LogP) is 3.32. The number of carbonyl (C=O) groups excluding carboxylic acids is 2. The fraction of sp³-hybridized carbons (Fsp3) is 0.214. The van der Waals surface area contributed by atoms with Gasteiger partial charge in [0.2, 0.25) is 17.8 Å². The smallest absolute Gasteiger partial charge is 0.246 e. The first kappa shape index (κ1) is 27.8. The molecule has 3 aromatic rings. The number of anilines is 4. The van der Waals surface area contributed by atoms with Crippen LogP contribution in [0.25, 0.3) is 0 Å². The van der Waals surface area contributed by atoms with Crippen molar-refractivity contribution in [3.8, 4) is 11.8 Å². The van der Waals surface area contributed by atoms with Crippen molar-refractivity contribution in [2.24, 2.45) is 0 Å². The van der Waals surface area contributed by atoms with Crippen molar-refractivity contribution in [1.29, 1.82) is 0 Å². The standard InChI is InChI=1S/C28H30FN7O2/c1-30-27-21(18-31-28(34-27)33-24-11-6-9-22(29)17-24)14-13-20-8-5-10-23(16-20)32-25(37)19-36(4)26(38)12-7-15-35(2)3/h5-12,16-18H,15,19H2,1-4H3,(H,32,37)(H2,30,31,33,34). The van der Waals surface area contributed by atoms with Gasteiger partial charge in [0.25, 0.3) is 0 Å². The maximum atomic E-state index is 13.4. The average Bonchev–Trinajstić information content (AvgIpc) is 2.87. The fourth-order valence-corrected chi connectivity index (χ4v) is 3.22. The molecule has 0 fully saturated rings. The molecule has 2 aromatic carbocycles. The first-order valence-electron chi connectivity index (χ1n) is 11.8. The Kier molecular flexibility index (Phi) is 9.91. The molecular weight excluding hydrogens is 485 g/mol. The predicted molar refractivity (Wildman–Crippen MR) is 148 cm³/mol. The molecule has 196 valence electrons. The summed E-state index contributed by atoms with van der Waals surface area (Å²) in [6.45, 7) is 0.553. The van der Waals surface area contributed by atoms with Crippen LogP contribution in [0.3, 0.4) is 0 Å². The van der Waals surface area contributed by atoms with Gasteiger partial charge in [-0.1, -0.05) is 30.0 Å². The zero-order valence-corrected chi connectivity index (χ0v) is 21.7. The molecule has 10 heteroatoms. The van der Waals surface area contributed by atoms with Crippen LogP contribution in [0.15, 0.2) is 66.9 Å². The lowest BCUT2D eigenvalue weighted by Crippen LogP contribution is -2.34. The average molecular weight is 516 g/mol. The van der Waals surface area contributed by atoms with Crippen LogP contribution in [0.5, 0.6) is 0 Å². The highest BCUT2D eigenvalue weighted by Gasteiger charge is 2.11. The number of carbonyl (C=O) groups is 2. The maximum absolute atomic E-state index is 13.4. The molecule has 0 unspecified atom stereocenters. The molecule has 0 aliphatic rings. The molecule has 1 heterocycles. The second-order valence-electron chi connectivity index (χ2n) is 8.58. The quantitative estimate of drug-likeness (QED) is 0.297. The van der Waals surface area contributed by atoms with Gasteiger partial charge in [0.1, 0.15) is 11.6 Å². The molecule has 0 atom stereocenters. The lowest BCUT2D eigenvalue weighted by molar-refractivity contribution is -0.129. The molecule has 38 heavy (non-hydrogen) atoms. The van der Waals surface area contributed by atoms with E-state index in [1.165, 1.54) is 23.1 Å². The minimum atomic E-state index is -0.363. The molecule has 0 saturated carbocycles. The first-order valence-corrected chi connectivity index (χ1v) is 11.8. The summed E-state index contributed by atoms with van der Waals surface area (Å²) >= 11 is 0. The van der Waals surface area contributed by atoms with Gasteiger partial charge in [-0.2, -0.15) is 4.98 Å². The minimum Gasteiger partial charge on any atom is -0.372 e. The summed E-state index contributed by atoms with van der Waals surface area (Å²) in [4.78, 5) is 36.5. The van der Waals surface area contributed by atoms with E-state index in [4.69, 9.17) is 0 Å². The summed E-state index contributed by atoms with van der Waals surface area (Å²) in [6, 6.07) is 13.1. The van der Waals surface area contributed by atoms with Gasteiger partial charge in [0, 0.05) is 43.7 Å². The molecule has 0 radical (unpaired) electrons. The van der Waals surface area contributed by atoms with Crippen LogP contribution in [0.2, 0.25) is 0 Å². The van der Waals surface area contributed by atoms with Crippen molar-refractivity contribution in [1.82, 2.24) is 19.8 Å². The lowest BCUT2D eigenvalue weighted by Gasteiger charge is -2.15. The van der Waals surface area contributed by atoms with Gasteiger partial charge in [-0.3, -0.25) is 9.59 Å². The van der Waals surface area contributed by atoms with E-state index in [2.05, 4.69) is 37.8 Å². The summed E-state index contributed by atoms with van der Waals surface area (Å²) in [5, 5.41) is 8.74. The highest BCUT2D eigenvalue weighted by molar-refractivity contribution is 5.96. The molecule has 3 rings (SSSR count). The van der Waals surface area contributed by atoms with Gasteiger partial charge in [-0.15, -0.1) is 0 Å². The third-order valence-corrected chi connectivity index (χ3v) is 5.08. The Balaban J connectivity index is 1.64. The summed E-state index contributed by atoms with van der Waals surface area (Å²) < 4.78 is 13.4. The Morgan fingerprint density at radius 2 is 1.82 bits per heavy atom. The Hall–Kier alpha value is -4.75. The Morgan fingerprint density at radius 1 is 1.05 bits per heavy atom. The summed E-state index contributed by atoms with van der Waals surface area (Å²) in [6.07, 6.45) is 4.77. The van der Waals surface area contributed by atoms with E-state index in [-0.39, 0.29) is 24.2 Å². The topological polar surface area (TPSA) is 102 Å². The van der Waals surface area contributed by atoms with Crippen LogP contribution in [0.1, 0.15) is 11.1 Å². The van der Waals surface area contributed by atoms with Crippen molar-refractivity contribution < 1.29 is 14.0 Å². The highest BCUT2D eigenvalue weighted by atomic mass is 19.1. The maximum Gasteiger partial charge on any atom is 0.246 e. The van der Waals surface area contributed by atoms with Crippen LogP contribution in [-0.2, 0) is 9.59 Å². The van der Waals surface area contributed by atoms with E-state index in [1.54, 1.807) is 56.7 Å². The summed E-state index contributed by atoms with van der Waals surface area (Å²) in [5.74, 6) is 5.95. The normalized spacial score (nSPS) is 10.6. The number of nitrogens with one attached hydrogen (secondary N) is 3. The SMILES string of the molecule is CNc1nc(Nc2cccc(F)c2)ncc1C#Cc1cccc(NC(=O)CN(C)C(=O)C=CCN(C)C)c1. The third-order valence-electron chi connectivity index (χ3n) is 5.08. The Morgan fingerprint density at radius 3 is 2.55 bits per heavy atom. The molecular formula is C28H30FN7O2. The molecule has 0 aliphatic heterocycles. The monoisotopic (exact) mass is 515 g/mol.